The Kier molecular flexibility index (Phi) is 3.51. The molecule has 3 rings (SSSR count). The van der Waals surface area contributed by atoms with E-state index < -0.39 is 0 Å². The lowest BCUT2D eigenvalue weighted by molar-refractivity contribution is 0.0975. The van der Waals surface area contributed by atoms with Crippen LogP contribution in [0.5, 0.6) is 5.88 Å². The minimum absolute atomic E-state index is 0.107. The van der Waals surface area contributed by atoms with E-state index in [-0.39, 0.29) is 11.7 Å². The van der Waals surface area contributed by atoms with Crippen molar-refractivity contribution in [3.8, 4) is 17.1 Å². The minimum Gasteiger partial charge on any atom is -0.481 e. The smallest absolute Gasteiger partial charge is 0.222 e. The van der Waals surface area contributed by atoms with Gasteiger partial charge in [-0.25, -0.2) is 15.0 Å². The third kappa shape index (κ3) is 2.99. The van der Waals surface area contributed by atoms with E-state index in [9.17, 15) is 4.79 Å². The van der Waals surface area contributed by atoms with Gasteiger partial charge in [-0.1, -0.05) is 0 Å². The van der Waals surface area contributed by atoms with E-state index in [2.05, 4.69) is 15.0 Å². The zero-order valence-corrected chi connectivity index (χ0v) is 11.7. The van der Waals surface area contributed by atoms with Crippen LogP contribution in [0.25, 0.3) is 11.3 Å². The van der Waals surface area contributed by atoms with E-state index in [1.165, 1.54) is 7.11 Å². The molecule has 0 atom stereocenters. The lowest BCUT2D eigenvalue weighted by atomic mass is 10.0. The second-order valence-electron chi connectivity index (χ2n) is 5.15. The molecular weight excluding hydrogens is 268 g/mol. The Morgan fingerprint density at radius 3 is 2.90 bits per heavy atom. The highest BCUT2D eigenvalue weighted by atomic mass is 16.5. The second kappa shape index (κ2) is 5.47. The summed E-state index contributed by atoms with van der Waals surface area (Å²) in [6.07, 6.45) is 5.99. The van der Waals surface area contributed by atoms with E-state index in [1.54, 1.807) is 24.5 Å². The predicted octanol–water partition coefficient (Wildman–Crippen LogP) is 2.11. The third-order valence-corrected chi connectivity index (χ3v) is 3.49. The number of rotatable bonds is 5. The lowest BCUT2D eigenvalue weighted by Crippen LogP contribution is -2.04. The number of nitrogen functional groups attached to an aromatic ring is 1. The summed E-state index contributed by atoms with van der Waals surface area (Å²) in [5.41, 5.74) is 7.42. The monoisotopic (exact) mass is 284 g/mol. The van der Waals surface area contributed by atoms with Gasteiger partial charge in [0.1, 0.15) is 0 Å². The van der Waals surface area contributed by atoms with Crippen molar-refractivity contribution >= 4 is 11.7 Å². The summed E-state index contributed by atoms with van der Waals surface area (Å²) in [5.74, 6) is 1.23. The number of aromatic nitrogens is 3. The first-order valence-corrected chi connectivity index (χ1v) is 6.83. The van der Waals surface area contributed by atoms with Gasteiger partial charge >= 0.3 is 0 Å². The van der Waals surface area contributed by atoms with Crippen LogP contribution in [-0.4, -0.2) is 27.8 Å². The lowest BCUT2D eigenvalue weighted by Gasteiger charge is -2.09. The SMILES string of the molecule is COc1ncc(C(=O)CC2CC2)cc1-c1ccnc(N)n1. The molecule has 2 aromatic rings. The van der Waals surface area contributed by atoms with Gasteiger partial charge in [-0.05, 0) is 30.9 Å². The molecular formula is C15H16N4O2. The number of anilines is 1. The molecule has 2 heterocycles. The van der Waals surface area contributed by atoms with Gasteiger partial charge in [-0.15, -0.1) is 0 Å². The summed E-state index contributed by atoms with van der Waals surface area (Å²) in [5, 5.41) is 0. The summed E-state index contributed by atoms with van der Waals surface area (Å²) in [4.78, 5) is 24.4. The Hall–Kier alpha value is -2.50. The molecule has 2 N–H and O–H groups in total. The maximum Gasteiger partial charge on any atom is 0.222 e. The summed E-state index contributed by atoms with van der Waals surface area (Å²) in [7, 11) is 1.53. The number of carbonyl (C=O) groups is 1. The first-order valence-electron chi connectivity index (χ1n) is 6.83. The van der Waals surface area contributed by atoms with E-state index in [4.69, 9.17) is 10.5 Å². The van der Waals surface area contributed by atoms with E-state index in [0.717, 1.165) is 12.8 Å². The largest absolute Gasteiger partial charge is 0.481 e. The topological polar surface area (TPSA) is 91.0 Å². The fraction of sp³-hybridized carbons (Fsp3) is 0.333. The van der Waals surface area contributed by atoms with Gasteiger partial charge in [0.2, 0.25) is 11.8 Å². The standard InChI is InChI=1S/C15H16N4O2/c1-21-14-11(12-4-5-17-15(16)19-12)7-10(8-18-14)13(20)6-9-2-3-9/h4-5,7-9H,2-3,6H2,1H3,(H2,16,17,19). The number of hydrogen-bond acceptors (Lipinski definition) is 6. The van der Waals surface area contributed by atoms with Crippen LogP contribution in [0.3, 0.4) is 0 Å². The number of carbonyl (C=O) groups excluding carboxylic acids is 1. The van der Waals surface area contributed by atoms with Crippen molar-refractivity contribution in [3.63, 3.8) is 0 Å². The van der Waals surface area contributed by atoms with Gasteiger partial charge in [-0.3, -0.25) is 4.79 Å². The molecule has 0 aliphatic heterocycles. The van der Waals surface area contributed by atoms with Crippen molar-refractivity contribution in [2.24, 2.45) is 5.92 Å². The molecule has 21 heavy (non-hydrogen) atoms. The van der Waals surface area contributed by atoms with Gasteiger partial charge in [0.15, 0.2) is 5.78 Å². The first kappa shape index (κ1) is 13.5. The number of nitrogens with zero attached hydrogens (tertiary/aromatic N) is 3. The number of nitrogens with two attached hydrogens (primary N) is 1. The van der Waals surface area contributed by atoms with Crippen LogP contribution >= 0.6 is 0 Å². The molecule has 2 aromatic heterocycles. The summed E-state index contributed by atoms with van der Waals surface area (Å²) < 4.78 is 5.24. The van der Waals surface area contributed by atoms with Crippen LogP contribution in [0.4, 0.5) is 5.95 Å². The van der Waals surface area contributed by atoms with Gasteiger partial charge in [0, 0.05) is 24.4 Å². The average Bonchev–Trinajstić information content (AvgIpc) is 3.30. The number of ether oxygens (including phenoxy) is 1. The minimum atomic E-state index is 0.107. The van der Waals surface area contributed by atoms with Crippen molar-refractivity contribution in [1.29, 1.82) is 0 Å². The van der Waals surface area contributed by atoms with E-state index in [0.29, 0.717) is 35.0 Å². The predicted molar refractivity (Wildman–Crippen MR) is 77.9 cm³/mol. The Morgan fingerprint density at radius 1 is 1.43 bits per heavy atom. The molecule has 0 unspecified atom stereocenters. The van der Waals surface area contributed by atoms with Crippen molar-refractivity contribution in [3.05, 3.63) is 30.1 Å². The molecule has 6 heteroatoms. The summed E-state index contributed by atoms with van der Waals surface area (Å²) in [6.45, 7) is 0. The summed E-state index contributed by atoms with van der Waals surface area (Å²) in [6, 6.07) is 3.48. The van der Waals surface area contributed by atoms with Gasteiger partial charge < -0.3 is 10.5 Å². The van der Waals surface area contributed by atoms with Crippen molar-refractivity contribution < 1.29 is 9.53 Å². The van der Waals surface area contributed by atoms with Gasteiger partial charge in [-0.2, -0.15) is 0 Å². The molecule has 1 saturated carbocycles. The second-order valence-corrected chi connectivity index (χ2v) is 5.15. The molecule has 0 spiro atoms. The highest BCUT2D eigenvalue weighted by Crippen LogP contribution is 2.34. The quantitative estimate of drug-likeness (QED) is 0.845. The zero-order valence-electron chi connectivity index (χ0n) is 11.7. The molecule has 0 bridgehead atoms. The molecule has 108 valence electrons. The number of ketones is 1. The molecule has 1 fully saturated rings. The van der Waals surface area contributed by atoms with Crippen LogP contribution in [0.1, 0.15) is 29.6 Å². The number of Topliss-reactive ketones (excluding diaryl/α,β-unsaturated/α-hetero) is 1. The van der Waals surface area contributed by atoms with Crippen molar-refractivity contribution in [2.45, 2.75) is 19.3 Å². The Labute approximate surface area is 122 Å². The highest BCUT2D eigenvalue weighted by molar-refractivity contribution is 5.97. The average molecular weight is 284 g/mol. The molecule has 0 amide bonds. The van der Waals surface area contributed by atoms with Crippen molar-refractivity contribution in [2.75, 3.05) is 12.8 Å². The van der Waals surface area contributed by atoms with Crippen LogP contribution in [-0.2, 0) is 0 Å². The maximum absolute atomic E-state index is 12.2. The Bertz CT molecular complexity index is 683. The number of pyridine rings is 1. The molecule has 0 aromatic carbocycles. The third-order valence-electron chi connectivity index (χ3n) is 3.49. The van der Waals surface area contributed by atoms with E-state index in [1.807, 2.05) is 0 Å². The molecule has 6 nitrogen and oxygen atoms in total. The number of hydrogen-bond donors (Lipinski definition) is 1. The maximum atomic E-state index is 12.2. The molecule has 1 aliphatic carbocycles. The molecule has 0 radical (unpaired) electrons. The fourth-order valence-corrected chi connectivity index (χ4v) is 2.18. The van der Waals surface area contributed by atoms with Crippen LogP contribution in [0, 0.1) is 5.92 Å². The zero-order chi connectivity index (χ0) is 14.8. The van der Waals surface area contributed by atoms with Crippen LogP contribution < -0.4 is 10.5 Å². The normalized spacial score (nSPS) is 14.0. The molecule has 0 saturated heterocycles. The van der Waals surface area contributed by atoms with Gasteiger partial charge in [0.25, 0.3) is 0 Å². The van der Waals surface area contributed by atoms with Crippen LogP contribution in [0.15, 0.2) is 24.5 Å². The Balaban J connectivity index is 1.98. The number of methoxy groups -OCH3 is 1. The first-order chi connectivity index (χ1) is 10.2. The van der Waals surface area contributed by atoms with Crippen LogP contribution in [0.2, 0.25) is 0 Å². The van der Waals surface area contributed by atoms with Gasteiger partial charge in [0.05, 0.1) is 18.4 Å². The summed E-state index contributed by atoms with van der Waals surface area (Å²) >= 11 is 0. The molecule has 1 aliphatic rings. The van der Waals surface area contributed by atoms with Crippen molar-refractivity contribution in [1.82, 2.24) is 15.0 Å². The highest BCUT2D eigenvalue weighted by Gasteiger charge is 2.25. The Morgan fingerprint density at radius 2 is 2.24 bits per heavy atom. The van der Waals surface area contributed by atoms with E-state index >= 15 is 0 Å². The fourth-order valence-electron chi connectivity index (χ4n) is 2.18.